The Morgan fingerprint density at radius 1 is 1.08 bits per heavy atom. The second-order valence-corrected chi connectivity index (χ2v) is 9.27. The molecule has 37 heavy (non-hydrogen) atoms. The number of aryl methyl sites for hydroxylation is 1. The lowest BCUT2D eigenvalue weighted by molar-refractivity contribution is 0.552. The van der Waals surface area contributed by atoms with Gasteiger partial charge in [-0.05, 0) is 49.6 Å². The van der Waals surface area contributed by atoms with Crippen LogP contribution in [0.2, 0.25) is 0 Å². The normalized spacial score (nSPS) is 11.5. The van der Waals surface area contributed by atoms with E-state index in [0.29, 0.717) is 12.4 Å². The largest absolute Gasteiger partial charge is 0.334 e. The van der Waals surface area contributed by atoms with Gasteiger partial charge in [0.25, 0.3) is 0 Å². The molecule has 5 rings (SSSR count). The number of halogens is 1. The van der Waals surface area contributed by atoms with Crippen LogP contribution in [0.25, 0.3) is 28.3 Å². The summed E-state index contributed by atoms with van der Waals surface area (Å²) in [5, 5.41) is 14.3. The van der Waals surface area contributed by atoms with Crippen LogP contribution in [0.1, 0.15) is 51.0 Å². The molecular formula is C27H29FN8O. The SMILES string of the molecule is CCCCc1cn(-c2c(F)ccn2C(C)C)c(=O)n1Cc1ccc(-c2ccccc2-c2nn[nH]n2)cn1. The van der Waals surface area contributed by atoms with Crippen LogP contribution in [0.15, 0.2) is 65.8 Å². The zero-order chi connectivity index (χ0) is 25.9. The number of pyridine rings is 1. The van der Waals surface area contributed by atoms with Crippen molar-refractivity contribution in [3.63, 3.8) is 0 Å². The van der Waals surface area contributed by atoms with Crippen molar-refractivity contribution < 1.29 is 4.39 Å². The number of nitrogens with zero attached hydrogens (tertiary/aromatic N) is 7. The van der Waals surface area contributed by atoms with E-state index in [1.54, 1.807) is 27.7 Å². The summed E-state index contributed by atoms with van der Waals surface area (Å²) >= 11 is 0. The van der Waals surface area contributed by atoms with Gasteiger partial charge in [0.05, 0.1) is 12.2 Å². The second-order valence-electron chi connectivity index (χ2n) is 9.27. The van der Waals surface area contributed by atoms with Gasteiger partial charge in [-0.1, -0.05) is 43.7 Å². The van der Waals surface area contributed by atoms with Crippen LogP contribution in [0.5, 0.6) is 0 Å². The van der Waals surface area contributed by atoms with E-state index in [1.165, 1.54) is 10.6 Å². The monoisotopic (exact) mass is 500 g/mol. The summed E-state index contributed by atoms with van der Waals surface area (Å²) in [6.07, 6.45) is 7.87. The maximum absolute atomic E-state index is 14.8. The molecule has 0 aliphatic heterocycles. The Hall–Kier alpha value is -4.34. The molecule has 1 N–H and O–H groups in total. The van der Waals surface area contributed by atoms with Crippen molar-refractivity contribution in [1.29, 1.82) is 0 Å². The first-order valence-electron chi connectivity index (χ1n) is 12.4. The molecule has 5 aromatic rings. The number of hydrogen-bond acceptors (Lipinski definition) is 5. The highest BCUT2D eigenvalue weighted by Gasteiger charge is 2.20. The van der Waals surface area contributed by atoms with Gasteiger partial charge >= 0.3 is 5.69 Å². The van der Waals surface area contributed by atoms with E-state index in [-0.39, 0.29) is 17.5 Å². The number of aromatic amines is 1. The van der Waals surface area contributed by atoms with Crippen LogP contribution >= 0.6 is 0 Å². The predicted octanol–water partition coefficient (Wildman–Crippen LogP) is 4.79. The maximum Gasteiger partial charge on any atom is 0.334 e. The van der Waals surface area contributed by atoms with Crippen molar-refractivity contribution in [1.82, 2.24) is 39.3 Å². The van der Waals surface area contributed by atoms with Gasteiger partial charge in [-0.3, -0.25) is 14.1 Å². The van der Waals surface area contributed by atoms with Gasteiger partial charge in [0.1, 0.15) is 0 Å². The van der Waals surface area contributed by atoms with E-state index < -0.39 is 5.82 Å². The van der Waals surface area contributed by atoms with Crippen molar-refractivity contribution >= 4 is 0 Å². The van der Waals surface area contributed by atoms with Gasteiger partial charge in [-0.25, -0.2) is 9.18 Å². The van der Waals surface area contributed by atoms with Gasteiger partial charge in [-0.15, -0.1) is 10.2 Å². The molecule has 0 radical (unpaired) electrons. The third-order valence-corrected chi connectivity index (χ3v) is 6.44. The highest BCUT2D eigenvalue weighted by Crippen LogP contribution is 2.29. The van der Waals surface area contributed by atoms with Crippen LogP contribution in [0.3, 0.4) is 0 Å². The third kappa shape index (κ3) is 4.74. The quantitative estimate of drug-likeness (QED) is 0.314. The molecule has 0 amide bonds. The molecule has 0 bridgehead atoms. The summed E-state index contributed by atoms with van der Waals surface area (Å²) in [4.78, 5) is 18.2. The highest BCUT2D eigenvalue weighted by atomic mass is 19.1. The minimum atomic E-state index is -0.419. The molecule has 9 nitrogen and oxygen atoms in total. The van der Waals surface area contributed by atoms with Crippen molar-refractivity contribution in [2.75, 3.05) is 0 Å². The number of H-pyrrole nitrogens is 1. The topological polar surface area (TPSA) is 99.2 Å². The average Bonchev–Trinajstić information content (AvgIpc) is 3.64. The van der Waals surface area contributed by atoms with Crippen molar-refractivity contribution in [3.8, 4) is 28.3 Å². The minimum Gasteiger partial charge on any atom is -0.329 e. The Labute approximate surface area is 213 Å². The van der Waals surface area contributed by atoms with Crippen molar-refractivity contribution in [3.05, 3.63) is 88.7 Å². The predicted molar refractivity (Wildman–Crippen MR) is 139 cm³/mol. The molecule has 0 saturated carbocycles. The second kappa shape index (κ2) is 10.3. The van der Waals surface area contributed by atoms with Crippen LogP contribution in [0, 0.1) is 5.82 Å². The first kappa shape index (κ1) is 24.4. The maximum atomic E-state index is 14.8. The lowest BCUT2D eigenvalue weighted by Crippen LogP contribution is -2.27. The van der Waals surface area contributed by atoms with Crippen LogP contribution in [-0.4, -0.2) is 39.3 Å². The van der Waals surface area contributed by atoms with Gasteiger partial charge in [-0.2, -0.15) is 5.21 Å². The molecule has 0 aliphatic carbocycles. The van der Waals surface area contributed by atoms with Gasteiger partial charge < -0.3 is 4.57 Å². The average molecular weight is 501 g/mol. The van der Waals surface area contributed by atoms with Gasteiger partial charge in [0.2, 0.25) is 5.82 Å². The Morgan fingerprint density at radius 2 is 1.89 bits per heavy atom. The van der Waals surface area contributed by atoms with Gasteiger partial charge in [0.15, 0.2) is 11.6 Å². The Balaban J connectivity index is 1.49. The standard InChI is InChI=1S/C27H29FN8O/c1-4-5-8-21-17-36(26-24(28)13-14-34(26)18(2)3)27(37)35(21)16-20-12-11-19(15-29-20)22-9-6-7-10-23(22)25-30-32-33-31-25/h6-7,9-15,17-18H,4-5,8,16H2,1-3H3,(H,30,31,32,33). The number of unbranched alkanes of at least 4 members (excludes halogenated alkanes) is 1. The van der Waals surface area contributed by atoms with E-state index in [4.69, 9.17) is 0 Å². The molecule has 0 unspecified atom stereocenters. The van der Waals surface area contributed by atoms with E-state index >= 15 is 0 Å². The van der Waals surface area contributed by atoms with Gasteiger partial charge in [0, 0.05) is 41.5 Å². The summed E-state index contributed by atoms with van der Waals surface area (Å²) in [7, 11) is 0. The fourth-order valence-corrected chi connectivity index (χ4v) is 4.52. The molecule has 1 aromatic carbocycles. The Bertz CT molecular complexity index is 1540. The molecule has 0 atom stereocenters. The fourth-order valence-electron chi connectivity index (χ4n) is 4.52. The lowest BCUT2D eigenvalue weighted by atomic mass is 10.0. The zero-order valence-corrected chi connectivity index (χ0v) is 21.1. The molecule has 0 spiro atoms. The van der Waals surface area contributed by atoms with E-state index in [2.05, 4.69) is 32.5 Å². The number of aromatic nitrogens is 8. The van der Waals surface area contributed by atoms with Crippen molar-refractivity contribution in [2.45, 2.75) is 52.6 Å². The van der Waals surface area contributed by atoms with Crippen molar-refractivity contribution in [2.24, 2.45) is 0 Å². The molecule has 0 aliphatic rings. The smallest absolute Gasteiger partial charge is 0.329 e. The van der Waals surface area contributed by atoms with Crippen LogP contribution in [-0.2, 0) is 13.0 Å². The van der Waals surface area contributed by atoms with E-state index in [0.717, 1.165) is 47.3 Å². The summed E-state index contributed by atoms with van der Waals surface area (Å²) in [6, 6.07) is 13.1. The Kier molecular flexibility index (Phi) is 6.80. The summed E-state index contributed by atoms with van der Waals surface area (Å²) in [5.41, 5.74) is 3.99. The number of hydrogen-bond donors (Lipinski definition) is 1. The van der Waals surface area contributed by atoms with Crippen LogP contribution < -0.4 is 5.69 Å². The number of tetrazole rings is 1. The summed E-state index contributed by atoms with van der Waals surface area (Å²) in [6.45, 7) is 6.33. The zero-order valence-electron chi connectivity index (χ0n) is 21.1. The molecule has 0 fully saturated rings. The highest BCUT2D eigenvalue weighted by molar-refractivity contribution is 5.79. The molecule has 0 saturated heterocycles. The number of rotatable bonds is 9. The first-order valence-corrected chi connectivity index (χ1v) is 12.4. The number of benzene rings is 1. The fraction of sp³-hybridized carbons (Fsp3) is 0.296. The van der Waals surface area contributed by atoms with Crippen LogP contribution in [0.4, 0.5) is 4.39 Å². The minimum absolute atomic E-state index is 0.0124. The molecule has 4 heterocycles. The van der Waals surface area contributed by atoms with E-state index in [1.807, 2.05) is 50.2 Å². The Morgan fingerprint density at radius 3 is 2.57 bits per heavy atom. The number of nitrogens with one attached hydrogen (secondary N) is 1. The third-order valence-electron chi connectivity index (χ3n) is 6.44. The molecular weight excluding hydrogens is 471 g/mol. The first-order chi connectivity index (χ1) is 18.0. The lowest BCUT2D eigenvalue weighted by Gasteiger charge is -2.12. The molecule has 10 heteroatoms. The number of imidazole rings is 1. The summed E-state index contributed by atoms with van der Waals surface area (Å²) in [5.74, 6) is 0.349. The molecule has 4 aromatic heterocycles. The van der Waals surface area contributed by atoms with E-state index in [9.17, 15) is 9.18 Å². The summed E-state index contributed by atoms with van der Waals surface area (Å²) < 4.78 is 19.7. The molecule has 190 valence electrons.